The van der Waals surface area contributed by atoms with Gasteiger partial charge in [-0.05, 0) is 67.0 Å². The van der Waals surface area contributed by atoms with Crippen LogP contribution in [0.15, 0.2) is 24.3 Å². The molecule has 0 spiro atoms. The van der Waals surface area contributed by atoms with Crippen LogP contribution >= 0.6 is 34.5 Å². The molecule has 3 rings (SSSR count). The Balaban J connectivity index is 1.50. The molecule has 1 aliphatic carbocycles. The highest BCUT2D eigenvalue weighted by molar-refractivity contribution is 7.12. The minimum Gasteiger partial charge on any atom is -0.312 e. The average molecular weight is 368 g/mol. The second kappa shape index (κ2) is 7.14. The fourth-order valence-corrected chi connectivity index (χ4v) is 4.88. The Morgan fingerprint density at radius 1 is 1.17 bits per heavy atom. The molecule has 0 amide bonds. The first kappa shape index (κ1) is 17.3. The minimum absolute atomic E-state index is 0.469. The van der Waals surface area contributed by atoms with Crippen molar-refractivity contribution in [3.63, 3.8) is 0 Å². The summed E-state index contributed by atoms with van der Waals surface area (Å²) in [5.74, 6) is 0. The molecule has 124 valence electrons. The number of rotatable bonds is 5. The van der Waals surface area contributed by atoms with Crippen LogP contribution in [-0.2, 0) is 25.8 Å². The summed E-state index contributed by atoms with van der Waals surface area (Å²) in [4.78, 5) is 3.06. The summed E-state index contributed by atoms with van der Waals surface area (Å²) in [6.07, 6.45) is 4.74. The Hall–Kier alpha value is -0.540. The largest absolute Gasteiger partial charge is 0.312 e. The molecule has 2 aromatic rings. The Morgan fingerprint density at radius 2 is 2.00 bits per heavy atom. The lowest BCUT2D eigenvalue weighted by atomic mass is 9.78. The van der Waals surface area contributed by atoms with Crippen molar-refractivity contribution in [3.8, 4) is 0 Å². The highest BCUT2D eigenvalue weighted by atomic mass is 35.5. The molecule has 23 heavy (non-hydrogen) atoms. The van der Waals surface area contributed by atoms with Gasteiger partial charge in [0.2, 0.25) is 0 Å². The summed E-state index contributed by atoms with van der Waals surface area (Å²) in [7, 11) is 0. The van der Waals surface area contributed by atoms with Crippen molar-refractivity contribution in [1.82, 2.24) is 5.32 Å². The van der Waals surface area contributed by atoms with Gasteiger partial charge < -0.3 is 5.32 Å². The van der Waals surface area contributed by atoms with Crippen LogP contribution in [0.25, 0.3) is 0 Å². The molecule has 0 unspecified atom stereocenters. The van der Waals surface area contributed by atoms with E-state index in [1.165, 1.54) is 29.7 Å². The average Bonchev–Trinajstić information content (AvgIpc) is 2.88. The van der Waals surface area contributed by atoms with E-state index in [1.54, 1.807) is 10.4 Å². The van der Waals surface area contributed by atoms with Crippen molar-refractivity contribution in [2.24, 2.45) is 5.41 Å². The maximum atomic E-state index is 6.05. The molecule has 0 aliphatic heterocycles. The highest BCUT2D eigenvalue weighted by Gasteiger charge is 2.26. The lowest BCUT2D eigenvalue weighted by Gasteiger charge is -2.28. The van der Waals surface area contributed by atoms with Crippen molar-refractivity contribution in [3.05, 3.63) is 55.2 Å². The van der Waals surface area contributed by atoms with Crippen molar-refractivity contribution in [2.75, 3.05) is 6.54 Å². The van der Waals surface area contributed by atoms with Crippen LogP contribution in [0.2, 0.25) is 10.0 Å². The number of hydrogen-bond donors (Lipinski definition) is 1. The van der Waals surface area contributed by atoms with Crippen LogP contribution in [0.4, 0.5) is 0 Å². The Bertz CT molecular complexity index is 691. The second-order valence-electron chi connectivity index (χ2n) is 7.18. The molecular weight excluding hydrogens is 345 g/mol. The SMILES string of the molecule is CC1(C)CCc2cc(CNCCc3ccc(Cl)c(Cl)c3)sc2C1. The van der Waals surface area contributed by atoms with E-state index >= 15 is 0 Å². The lowest BCUT2D eigenvalue weighted by Crippen LogP contribution is -2.20. The third-order valence-corrected chi connectivity index (χ3v) is 6.45. The summed E-state index contributed by atoms with van der Waals surface area (Å²) >= 11 is 14.0. The first-order valence-electron chi connectivity index (χ1n) is 8.18. The van der Waals surface area contributed by atoms with Gasteiger partial charge in [0.1, 0.15) is 0 Å². The van der Waals surface area contributed by atoms with Crippen LogP contribution in [-0.4, -0.2) is 6.54 Å². The van der Waals surface area contributed by atoms with E-state index in [2.05, 4.69) is 25.2 Å². The molecule has 0 atom stereocenters. The van der Waals surface area contributed by atoms with Gasteiger partial charge in [0.05, 0.1) is 10.0 Å². The maximum absolute atomic E-state index is 6.05. The molecule has 0 saturated heterocycles. The van der Waals surface area contributed by atoms with Gasteiger partial charge >= 0.3 is 0 Å². The van der Waals surface area contributed by atoms with Crippen LogP contribution in [0.3, 0.4) is 0 Å². The van der Waals surface area contributed by atoms with Crippen molar-refractivity contribution >= 4 is 34.5 Å². The molecule has 0 saturated carbocycles. The van der Waals surface area contributed by atoms with E-state index in [0.29, 0.717) is 15.5 Å². The summed E-state index contributed by atoms with van der Waals surface area (Å²) in [6.45, 7) is 6.67. The fourth-order valence-electron chi connectivity index (χ4n) is 3.11. The predicted molar refractivity (Wildman–Crippen MR) is 102 cm³/mol. The van der Waals surface area contributed by atoms with E-state index < -0.39 is 0 Å². The molecule has 0 fully saturated rings. The molecular formula is C19H23Cl2NS. The standard InChI is InChI=1S/C19H23Cl2NS/c1-19(2)7-5-14-10-15(23-18(14)11-19)12-22-8-6-13-3-4-16(20)17(21)9-13/h3-4,9-10,22H,5-8,11-12H2,1-2H3. The van der Waals surface area contributed by atoms with Gasteiger partial charge in [0, 0.05) is 16.3 Å². The van der Waals surface area contributed by atoms with E-state index in [-0.39, 0.29) is 0 Å². The summed E-state index contributed by atoms with van der Waals surface area (Å²) < 4.78 is 0. The summed E-state index contributed by atoms with van der Waals surface area (Å²) in [6, 6.07) is 8.27. The third-order valence-electron chi connectivity index (χ3n) is 4.53. The summed E-state index contributed by atoms with van der Waals surface area (Å²) in [5.41, 5.74) is 3.27. The van der Waals surface area contributed by atoms with Crippen molar-refractivity contribution in [2.45, 2.75) is 46.1 Å². The number of thiophene rings is 1. The number of benzene rings is 1. The third kappa shape index (κ3) is 4.51. The molecule has 1 heterocycles. The highest BCUT2D eigenvalue weighted by Crippen LogP contribution is 2.38. The van der Waals surface area contributed by atoms with Gasteiger partial charge in [-0.3, -0.25) is 0 Å². The predicted octanol–water partition coefficient (Wildman–Crippen LogP) is 5.90. The lowest BCUT2D eigenvalue weighted by molar-refractivity contribution is 0.319. The number of halogens is 2. The normalized spacial score (nSPS) is 16.3. The minimum atomic E-state index is 0.469. The Kier molecular flexibility index (Phi) is 5.37. The Morgan fingerprint density at radius 3 is 2.78 bits per heavy atom. The molecule has 0 radical (unpaired) electrons. The van der Waals surface area contributed by atoms with E-state index in [1.807, 2.05) is 29.5 Å². The van der Waals surface area contributed by atoms with Crippen molar-refractivity contribution in [1.29, 1.82) is 0 Å². The zero-order valence-electron chi connectivity index (χ0n) is 13.7. The van der Waals surface area contributed by atoms with E-state index in [9.17, 15) is 0 Å². The molecule has 1 N–H and O–H groups in total. The molecule has 4 heteroatoms. The zero-order chi connectivity index (χ0) is 16.4. The molecule has 0 bridgehead atoms. The summed E-state index contributed by atoms with van der Waals surface area (Å²) in [5, 5.41) is 4.81. The van der Waals surface area contributed by atoms with Crippen LogP contribution < -0.4 is 5.32 Å². The van der Waals surface area contributed by atoms with Crippen molar-refractivity contribution < 1.29 is 0 Å². The van der Waals surface area contributed by atoms with Crippen LogP contribution in [0.5, 0.6) is 0 Å². The monoisotopic (exact) mass is 367 g/mol. The van der Waals surface area contributed by atoms with Gasteiger partial charge in [-0.25, -0.2) is 0 Å². The molecule has 1 aromatic heterocycles. The maximum Gasteiger partial charge on any atom is 0.0595 e. The fraction of sp³-hybridized carbons (Fsp3) is 0.474. The molecule has 1 nitrogen and oxygen atoms in total. The first-order chi connectivity index (χ1) is 10.9. The number of hydrogen-bond acceptors (Lipinski definition) is 2. The number of aryl methyl sites for hydroxylation is 1. The van der Waals surface area contributed by atoms with E-state index in [4.69, 9.17) is 23.2 Å². The molecule has 1 aliphatic rings. The quantitative estimate of drug-likeness (QED) is 0.648. The topological polar surface area (TPSA) is 12.0 Å². The number of nitrogens with one attached hydrogen (secondary N) is 1. The van der Waals surface area contributed by atoms with Gasteiger partial charge in [0.15, 0.2) is 0 Å². The van der Waals surface area contributed by atoms with Crippen LogP contribution in [0.1, 0.15) is 41.1 Å². The van der Waals surface area contributed by atoms with E-state index in [0.717, 1.165) is 19.5 Å². The van der Waals surface area contributed by atoms with Gasteiger partial charge in [0.25, 0.3) is 0 Å². The molecule has 1 aromatic carbocycles. The first-order valence-corrected chi connectivity index (χ1v) is 9.75. The number of fused-ring (bicyclic) bond motifs is 1. The Labute approximate surface area is 153 Å². The second-order valence-corrected chi connectivity index (χ2v) is 9.21. The van der Waals surface area contributed by atoms with Gasteiger partial charge in [-0.1, -0.05) is 43.1 Å². The zero-order valence-corrected chi connectivity index (χ0v) is 16.0. The smallest absolute Gasteiger partial charge is 0.0595 e. The van der Waals surface area contributed by atoms with Gasteiger partial charge in [-0.15, -0.1) is 11.3 Å². The van der Waals surface area contributed by atoms with Crippen LogP contribution in [0, 0.1) is 5.41 Å². The van der Waals surface area contributed by atoms with Gasteiger partial charge in [-0.2, -0.15) is 0 Å².